The van der Waals surface area contributed by atoms with E-state index in [4.69, 9.17) is 4.74 Å². The number of hydrogen-bond acceptors (Lipinski definition) is 5. The van der Waals surface area contributed by atoms with Crippen LogP contribution in [0.1, 0.15) is 27.6 Å². The van der Waals surface area contributed by atoms with Crippen molar-refractivity contribution in [2.24, 2.45) is 0 Å². The number of benzene rings is 2. The molecule has 0 saturated carbocycles. The Balaban J connectivity index is 1.99. The summed E-state index contributed by atoms with van der Waals surface area (Å²) in [5.74, 6) is -0.510. The molecular weight excluding hydrogens is 396 g/mol. The first-order valence-electron chi connectivity index (χ1n) is 9.63. The van der Waals surface area contributed by atoms with Crippen LogP contribution in [-0.4, -0.2) is 22.6 Å². The number of thiophene rings is 1. The molecule has 0 radical (unpaired) electrons. The van der Waals surface area contributed by atoms with Crippen LogP contribution in [0.2, 0.25) is 0 Å². The summed E-state index contributed by atoms with van der Waals surface area (Å²) in [5.41, 5.74) is 4.63. The molecule has 30 heavy (non-hydrogen) atoms. The molecule has 2 aromatic heterocycles. The van der Waals surface area contributed by atoms with Crippen LogP contribution in [0.5, 0.6) is 0 Å². The SMILES string of the molecule is COC(=O)C(c1ccccc1)n1cnc2sc(C)c(-c3ccc(C)c(C)c3)c2c1=O. The molecule has 2 aromatic carbocycles. The van der Waals surface area contributed by atoms with Crippen molar-refractivity contribution in [2.45, 2.75) is 26.8 Å². The Morgan fingerprint density at radius 2 is 1.80 bits per heavy atom. The Bertz CT molecular complexity index is 1310. The van der Waals surface area contributed by atoms with Crippen molar-refractivity contribution in [3.05, 3.63) is 86.8 Å². The van der Waals surface area contributed by atoms with Crippen molar-refractivity contribution in [3.8, 4) is 11.1 Å². The number of ether oxygens (including phenoxy) is 1. The molecule has 4 rings (SSSR count). The number of carbonyl (C=O) groups excluding carboxylic acids is 1. The Kier molecular flexibility index (Phi) is 5.26. The van der Waals surface area contributed by atoms with Gasteiger partial charge in [0.25, 0.3) is 5.56 Å². The highest BCUT2D eigenvalue weighted by atomic mass is 32.1. The molecule has 0 saturated heterocycles. The normalized spacial score (nSPS) is 12.1. The van der Waals surface area contributed by atoms with Crippen LogP contribution in [0.3, 0.4) is 0 Å². The summed E-state index contributed by atoms with van der Waals surface area (Å²) in [6.07, 6.45) is 1.44. The molecule has 0 aliphatic carbocycles. The largest absolute Gasteiger partial charge is 0.467 e. The number of carbonyl (C=O) groups is 1. The summed E-state index contributed by atoms with van der Waals surface area (Å²) in [7, 11) is 1.32. The second kappa shape index (κ2) is 7.88. The number of fused-ring (bicyclic) bond motifs is 1. The van der Waals surface area contributed by atoms with E-state index in [9.17, 15) is 9.59 Å². The van der Waals surface area contributed by atoms with Gasteiger partial charge in [-0.3, -0.25) is 9.36 Å². The third kappa shape index (κ3) is 3.33. The highest BCUT2D eigenvalue weighted by Crippen LogP contribution is 2.36. The number of hydrogen-bond donors (Lipinski definition) is 0. The van der Waals surface area contributed by atoms with Gasteiger partial charge < -0.3 is 4.74 Å². The van der Waals surface area contributed by atoms with Gasteiger partial charge in [0.15, 0.2) is 6.04 Å². The Hall–Kier alpha value is -3.25. The van der Waals surface area contributed by atoms with Crippen LogP contribution in [0, 0.1) is 20.8 Å². The Morgan fingerprint density at radius 1 is 1.07 bits per heavy atom. The van der Waals surface area contributed by atoms with E-state index >= 15 is 0 Å². The molecule has 0 N–H and O–H groups in total. The summed E-state index contributed by atoms with van der Waals surface area (Å²) < 4.78 is 6.39. The van der Waals surface area contributed by atoms with Crippen molar-refractivity contribution in [1.29, 1.82) is 0 Å². The molecule has 2 heterocycles. The van der Waals surface area contributed by atoms with Crippen LogP contribution in [0.15, 0.2) is 59.7 Å². The van der Waals surface area contributed by atoms with Gasteiger partial charge in [-0.15, -0.1) is 11.3 Å². The molecule has 0 spiro atoms. The average molecular weight is 419 g/mol. The molecular formula is C24H22N2O3S. The molecule has 1 unspecified atom stereocenters. The standard InChI is InChI=1S/C24H22N2O3S/c1-14-10-11-18(12-15(14)2)19-16(3)30-22-20(19)23(27)26(13-25-22)21(24(28)29-4)17-8-6-5-7-9-17/h5-13,21H,1-4H3. The monoisotopic (exact) mass is 418 g/mol. The first-order valence-corrected chi connectivity index (χ1v) is 10.4. The lowest BCUT2D eigenvalue weighted by Gasteiger charge is -2.18. The summed E-state index contributed by atoms with van der Waals surface area (Å²) in [4.78, 5) is 32.5. The fourth-order valence-electron chi connectivity index (χ4n) is 3.70. The first kappa shape index (κ1) is 20.0. The van der Waals surface area contributed by atoms with Gasteiger partial charge in [0.05, 0.1) is 12.5 Å². The lowest BCUT2D eigenvalue weighted by Crippen LogP contribution is -2.31. The second-order valence-corrected chi connectivity index (χ2v) is 8.51. The maximum Gasteiger partial charge on any atom is 0.333 e. The highest BCUT2D eigenvalue weighted by molar-refractivity contribution is 7.19. The van der Waals surface area contributed by atoms with Gasteiger partial charge in [0, 0.05) is 10.4 Å². The van der Waals surface area contributed by atoms with E-state index in [0.717, 1.165) is 21.6 Å². The predicted molar refractivity (Wildman–Crippen MR) is 120 cm³/mol. The quantitative estimate of drug-likeness (QED) is 0.446. The van der Waals surface area contributed by atoms with Gasteiger partial charge in [0.1, 0.15) is 11.2 Å². The maximum atomic E-state index is 13.6. The predicted octanol–water partition coefficient (Wildman–Crippen LogP) is 4.81. The summed E-state index contributed by atoms with van der Waals surface area (Å²) in [6, 6.07) is 14.4. The van der Waals surface area contributed by atoms with Crippen LogP contribution in [0.25, 0.3) is 21.3 Å². The minimum atomic E-state index is -0.895. The van der Waals surface area contributed by atoms with Gasteiger partial charge in [-0.1, -0.05) is 48.5 Å². The Labute approximate surface area is 178 Å². The third-order valence-electron chi connectivity index (χ3n) is 5.43. The van der Waals surface area contributed by atoms with E-state index in [1.165, 1.54) is 34.9 Å². The van der Waals surface area contributed by atoms with Gasteiger partial charge in [-0.05, 0) is 43.0 Å². The molecule has 5 nitrogen and oxygen atoms in total. The summed E-state index contributed by atoms with van der Waals surface area (Å²) in [6.45, 7) is 6.12. The molecule has 0 aliphatic rings. The fraction of sp³-hybridized carbons (Fsp3) is 0.208. The number of aryl methyl sites for hydroxylation is 3. The molecule has 0 amide bonds. The first-order chi connectivity index (χ1) is 14.4. The third-order valence-corrected chi connectivity index (χ3v) is 6.44. The zero-order chi connectivity index (χ0) is 21.4. The van der Waals surface area contributed by atoms with E-state index in [0.29, 0.717) is 15.8 Å². The van der Waals surface area contributed by atoms with Crippen LogP contribution < -0.4 is 5.56 Å². The zero-order valence-electron chi connectivity index (χ0n) is 17.3. The smallest absolute Gasteiger partial charge is 0.333 e. The summed E-state index contributed by atoms with van der Waals surface area (Å²) in [5, 5.41) is 0.535. The second-order valence-electron chi connectivity index (χ2n) is 7.31. The molecule has 0 bridgehead atoms. The lowest BCUT2D eigenvalue weighted by molar-refractivity contribution is -0.143. The molecule has 152 valence electrons. The van der Waals surface area contributed by atoms with E-state index in [1.54, 1.807) is 12.1 Å². The van der Waals surface area contributed by atoms with Gasteiger partial charge in [-0.25, -0.2) is 9.78 Å². The van der Waals surface area contributed by atoms with Crippen molar-refractivity contribution >= 4 is 27.5 Å². The van der Waals surface area contributed by atoms with Crippen LogP contribution >= 0.6 is 11.3 Å². The average Bonchev–Trinajstić information content (AvgIpc) is 3.09. The molecule has 0 fully saturated rings. The Morgan fingerprint density at radius 3 is 2.47 bits per heavy atom. The van der Waals surface area contributed by atoms with Crippen molar-refractivity contribution in [3.63, 3.8) is 0 Å². The minimum absolute atomic E-state index is 0.253. The number of esters is 1. The van der Waals surface area contributed by atoms with E-state index in [1.807, 2.05) is 31.2 Å². The number of nitrogens with zero attached hydrogens (tertiary/aromatic N) is 2. The molecule has 4 aromatic rings. The van der Waals surface area contributed by atoms with E-state index in [-0.39, 0.29) is 5.56 Å². The van der Waals surface area contributed by atoms with Crippen molar-refractivity contribution in [1.82, 2.24) is 9.55 Å². The fourth-order valence-corrected chi connectivity index (χ4v) is 4.70. The molecule has 0 aliphatic heterocycles. The molecule has 6 heteroatoms. The number of rotatable bonds is 4. The van der Waals surface area contributed by atoms with Gasteiger partial charge in [0.2, 0.25) is 0 Å². The number of aromatic nitrogens is 2. The summed E-state index contributed by atoms with van der Waals surface area (Å²) >= 11 is 1.49. The zero-order valence-corrected chi connectivity index (χ0v) is 18.1. The van der Waals surface area contributed by atoms with E-state index < -0.39 is 12.0 Å². The maximum absolute atomic E-state index is 13.6. The lowest BCUT2D eigenvalue weighted by atomic mass is 9.99. The van der Waals surface area contributed by atoms with E-state index in [2.05, 4.69) is 31.0 Å². The minimum Gasteiger partial charge on any atom is -0.467 e. The van der Waals surface area contributed by atoms with Crippen molar-refractivity contribution < 1.29 is 9.53 Å². The van der Waals surface area contributed by atoms with Crippen LogP contribution in [0.4, 0.5) is 0 Å². The van der Waals surface area contributed by atoms with Crippen LogP contribution in [-0.2, 0) is 9.53 Å². The topological polar surface area (TPSA) is 61.2 Å². The van der Waals surface area contributed by atoms with Gasteiger partial charge >= 0.3 is 5.97 Å². The number of methoxy groups -OCH3 is 1. The molecule has 1 atom stereocenters. The highest BCUT2D eigenvalue weighted by Gasteiger charge is 2.27. The van der Waals surface area contributed by atoms with Crippen molar-refractivity contribution in [2.75, 3.05) is 7.11 Å². The van der Waals surface area contributed by atoms with Gasteiger partial charge in [-0.2, -0.15) is 0 Å².